The summed E-state index contributed by atoms with van der Waals surface area (Å²) in [6, 6.07) is 13.4. The number of aryl methyl sites for hydroxylation is 1. The fraction of sp³-hybridized carbons (Fsp3) is 0.263. The number of hydrogen-bond acceptors (Lipinski definition) is 5. The fourth-order valence-corrected chi connectivity index (χ4v) is 3.11. The lowest BCUT2D eigenvalue weighted by atomic mass is 10.1. The van der Waals surface area contributed by atoms with Crippen LogP contribution in [0.3, 0.4) is 0 Å². The standard InChI is InChI=1S/C19H19N5O2/c1-23-17(11-16(22-23)14-5-3-2-4-6-14)19(25)24-10-8-15(12-24)26-18-7-9-20-13-21-18/h2-7,9,11,13,15H,8,10,12H2,1H3/t15-/m0/s1. The van der Waals surface area contributed by atoms with E-state index in [1.54, 1.807) is 28.9 Å². The number of amides is 1. The highest BCUT2D eigenvalue weighted by atomic mass is 16.5. The lowest BCUT2D eigenvalue weighted by Crippen LogP contribution is -2.32. The van der Waals surface area contributed by atoms with E-state index >= 15 is 0 Å². The van der Waals surface area contributed by atoms with Crippen LogP contribution in [0.5, 0.6) is 5.88 Å². The summed E-state index contributed by atoms with van der Waals surface area (Å²) in [7, 11) is 1.80. The summed E-state index contributed by atoms with van der Waals surface area (Å²) in [5.74, 6) is 0.502. The second-order valence-electron chi connectivity index (χ2n) is 6.23. The third kappa shape index (κ3) is 3.28. The van der Waals surface area contributed by atoms with E-state index in [0.29, 0.717) is 24.7 Å². The summed E-state index contributed by atoms with van der Waals surface area (Å²) in [6.45, 7) is 1.19. The van der Waals surface area contributed by atoms with E-state index in [2.05, 4.69) is 15.1 Å². The minimum Gasteiger partial charge on any atom is -0.472 e. The largest absolute Gasteiger partial charge is 0.472 e. The van der Waals surface area contributed by atoms with Crippen LogP contribution in [0, 0.1) is 0 Å². The average molecular weight is 349 g/mol. The van der Waals surface area contributed by atoms with Crippen LogP contribution >= 0.6 is 0 Å². The number of carbonyl (C=O) groups is 1. The number of benzene rings is 1. The van der Waals surface area contributed by atoms with Crippen LogP contribution in [0.2, 0.25) is 0 Å². The number of ether oxygens (including phenoxy) is 1. The van der Waals surface area contributed by atoms with E-state index in [-0.39, 0.29) is 12.0 Å². The molecule has 0 bridgehead atoms. The Morgan fingerprint density at radius 2 is 2.08 bits per heavy atom. The minimum atomic E-state index is -0.0596. The lowest BCUT2D eigenvalue weighted by Gasteiger charge is -2.16. The Hall–Kier alpha value is -3.22. The smallest absolute Gasteiger partial charge is 0.272 e. The Morgan fingerprint density at radius 1 is 1.23 bits per heavy atom. The Bertz CT molecular complexity index is 895. The highest BCUT2D eigenvalue weighted by Gasteiger charge is 2.30. The van der Waals surface area contributed by atoms with Crippen LogP contribution in [0.4, 0.5) is 0 Å². The summed E-state index contributed by atoms with van der Waals surface area (Å²) < 4.78 is 7.47. The van der Waals surface area contributed by atoms with Crippen molar-refractivity contribution in [2.24, 2.45) is 7.05 Å². The molecule has 2 aromatic heterocycles. The van der Waals surface area contributed by atoms with Crippen molar-refractivity contribution >= 4 is 5.91 Å². The van der Waals surface area contributed by atoms with Gasteiger partial charge in [0.1, 0.15) is 18.1 Å². The highest BCUT2D eigenvalue weighted by molar-refractivity contribution is 5.94. The van der Waals surface area contributed by atoms with Crippen LogP contribution < -0.4 is 4.74 Å². The molecular weight excluding hydrogens is 330 g/mol. The van der Waals surface area contributed by atoms with E-state index in [4.69, 9.17) is 4.74 Å². The van der Waals surface area contributed by atoms with E-state index in [1.165, 1.54) is 6.33 Å². The van der Waals surface area contributed by atoms with Gasteiger partial charge in [0.2, 0.25) is 5.88 Å². The molecule has 0 saturated carbocycles. The van der Waals surface area contributed by atoms with Crippen LogP contribution in [0.1, 0.15) is 16.9 Å². The van der Waals surface area contributed by atoms with E-state index in [9.17, 15) is 4.79 Å². The van der Waals surface area contributed by atoms with Crippen molar-refractivity contribution in [3.63, 3.8) is 0 Å². The molecule has 4 rings (SSSR count). The van der Waals surface area contributed by atoms with Crippen LogP contribution in [-0.4, -0.2) is 49.7 Å². The SMILES string of the molecule is Cn1nc(-c2ccccc2)cc1C(=O)N1CC[C@H](Oc2ccncn2)C1. The zero-order chi connectivity index (χ0) is 17.9. The number of hydrogen-bond donors (Lipinski definition) is 0. The molecule has 0 N–H and O–H groups in total. The Morgan fingerprint density at radius 3 is 2.85 bits per heavy atom. The summed E-state index contributed by atoms with van der Waals surface area (Å²) in [6.07, 6.45) is 3.81. The fourth-order valence-electron chi connectivity index (χ4n) is 3.11. The molecule has 1 aliphatic rings. The van der Waals surface area contributed by atoms with Gasteiger partial charge >= 0.3 is 0 Å². The molecule has 3 aromatic rings. The first-order valence-electron chi connectivity index (χ1n) is 8.52. The third-order valence-electron chi connectivity index (χ3n) is 4.44. The molecule has 1 atom stereocenters. The molecule has 1 fully saturated rings. The molecule has 132 valence electrons. The van der Waals surface area contributed by atoms with Crippen molar-refractivity contribution in [2.45, 2.75) is 12.5 Å². The molecule has 0 spiro atoms. The summed E-state index contributed by atoms with van der Waals surface area (Å²) in [5.41, 5.74) is 2.37. The molecular formula is C19H19N5O2. The first-order chi connectivity index (χ1) is 12.7. The quantitative estimate of drug-likeness (QED) is 0.722. The molecule has 7 heteroatoms. The second kappa shape index (κ2) is 6.95. The van der Waals surface area contributed by atoms with Gasteiger partial charge in [-0.05, 0) is 6.07 Å². The first-order valence-corrected chi connectivity index (χ1v) is 8.52. The predicted molar refractivity (Wildman–Crippen MR) is 95.6 cm³/mol. The van der Waals surface area contributed by atoms with E-state index < -0.39 is 0 Å². The maximum atomic E-state index is 12.9. The van der Waals surface area contributed by atoms with Crippen molar-refractivity contribution in [3.8, 4) is 17.1 Å². The Labute approximate surface area is 151 Å². The van der Waals surface area contributed by atoms with Crippen molar-refractivity contribution in [1.29, 1.82) is 0 Å². The van der Waals surface area contributed by atoms with Gasteiger partial charge in [0, 0.05) is 37.8 Å². The Kier molecular flexibility index (Phi) is 4.35. The van der Waals surface area contributed by atoms with Crippen LogP contribution in [0.15, 0.2) is 55.0 Å². The molecule has 0 aliphatic carbocycles. The number of carbonyl (C=O) groups excluding carboxylic acids is 1. The van der Waals surface area contributed by atoms with Gasteiger partial charge in [0.05, 0.1) is 12.2 Å². The van der Waals surface area contributed by atoms with Crippen LogP contribution in [0.25, 0.3) is 11.3 Å². The molecule has 3 heterocycles. The van der Waals surface area contributed by atoms with Crippen molar-refractivity contribution < 1.29 is 9.53 Å². The summed E-state index contributed by atoms with van der Waals surface area (Å²) in [5, 5.41) is 4.48. The van der Waals surface area contributed by atoms with Gasteiger partial charge in [-0.2, -0.15) is 5.10 Å². The molecule has 1 aromatic carbocycles. The molecule has 26 heavy (non-hydrogen) atoms. The Balaban J connectivity index is 1.46. The summed E-state index contributed by atoms with van der Waals surface area (Å²) in [4.78, 5) is 22.6. The van der Waals surface area contributed by atoms with Gasteiger partial charge in [-0.25, -0.2) is 9.97 Å². The van der Waals surface area contributed by atoms with Gasteiger partial charge in [-0.15, -0.1) is 0 Å². The third-order valence-corrected chi connectivity index (χ3v) is 4.44. The number of rotatable bonds is 4. The van der Waals surface area contributed by atoms with Crippen molar-refractivity contribution in [1.82, 2.24) is 24.6 Å². The van der Waals surface area contributed by atoms with Gasteiger partial charge < -0.3 is 9.64 Å². The minimum absolute atomic E-state index is 0.0315. The van der Waals surface area contributed by atoms with Gasteiger partial charge in [-0.3, -0.25) is 9.48 Å². The monoisotopic (exact) mass is 349 g/mol. The maximum Gasteiger partial charge on any atom is 0.272 e. The molecule has 0 unspecified atom stereocenters. The van der Waals surface area contributed by atoms with Crippen LogP contribution in [-0.2, 0) is 7.05 Å². The lowest BCUT2D eigenvalue weighted by molar-refractivity contribution is 0.0760. The van der Waals surface area contributed by atoms with Gasteiger partial charge in [-0.1, -0.05) is 30.3 Å². The van der Waals surface area contributed by atoms with E-state index in [0.717, 1.165) is 17.7 Å². The number of likely N-dealkylation sites (tertiary alicyclic amines) is 1. The molecule has 1 aliphatic heterocycles. The molecule has 0 radical (unpaired) electrons. The first kappa shape index (κ1) is 16.3. The zero-order valence-corrected chi connectivity index (χ0v) is 14.4. The van der Waals surface area contributed by atoms with Gasteiger partial charge in [0.25, 0.3) is 5.91 Å². The second-order valence-corrected chi connectivity index (χ2v) is 6.23. The van der Waals surface area contributed by atoms with Crippen molar-refractivity contribution in [2.75, 3.05) is 13.1 Å². The molecule has 1 amide bonds. The topological polar surface area (TPSA) is 73.1 Å². The molecule has 7 nitrogen and oxygen atoms in total. The van der Waals surface area contributed by atoms with Crippen molar-refractivity contribution in [3.05, 3.63) is 60.7 Å². The molecule has 1 saturated heterocycles. The highest BCUT2D eigenvalue weighted by Crippen LogP contribution is 2.22. The predicted octanol–water partition coefficient (Wildman–Crippen LogP) is 2.17. The van der Waals surface area contributed by atoms with E-state index in [1.807, 2.05) is 36.4 Å². The normalized spacial score (nSPS) is 16.7. The van der Waals surface area contributed by atoms with Gasteiger partial charge in [0.15, 0.2) is 0 Å². The zero-order valence-electron chi connectivity index (χ0n) is 14.4. The average Bonchev–Trinajstić information content (AvgIpc) is 3.30. The number of nitrogens with zero attached hydrogens (tertiary/aromatic N) is 5. The summed E-state index contributed by atoms with van der Waals surface area (Å²) >= 11 is 0. The number of aromatic nitrogens is 4. The maximum absolute atomic E-state index is 12.9.